The van der Waals surface area contributed by atoms with Gasteiger partial charge in [0.1, 0.15) is 11.4 Å². The van der Waals surface area contributed by atoms with Crippen LogP contribution in [0.3, 0.4) is 0 Å². The smallest absolute Gasteiger partial charge is 0.323 e. The highest BCUT2D eigenvalue weighted by Gasteiger charge is 2.52. The molecule has 2 aliphatic rings. The van der Waals surface area contributed by atoms with Crippen LogP contribution in [0.4, 0.5) is 9.18 Å². The summed E-state index contributed by atoms with van der Waals surface area (Å²) >= 11 is 0. The van der Waals surface area contributed by atoms with Crippen LogP contribution in [-0.4, -0.2) is 39.3 Å². The zero-order valence-electron chi connectivity index (χ0n) is 15.9. The van der Waals surface area contributed by atoms with Crippen LogP contribution in [0.15, 0.2) is 30.3 Å². The molecule has 0 unspecified atom stereocenters. The number of rotatable bonds is 4. The average molecular weight is 383 g/mol. The lowest BCUT2D eigenvalue weighted by atomic mass is 9.98. The third-order valence-electron chi connectivity index (χ3n) is 5.83. The van der Waals surface area contributed by atoms with Gasteiger partial charge in [-0.1, -0.05) is 25.0 Å². The van der Waals surface area contributed by atoms with Crippen LogP contribution < -0.4 is 5.32 Å². The molecule has 1 saturated heterocycles. The topological polar surface area (TPSA) is 71.4 Å². The van der Waals surface area contributed by atoms with Crippen LogP contribution >= 0.6 is 0 Å². The van der Waals surface area contributed by atoms with Gasteiger partial charge in [-0.15, -0.1) is 0 Å². The van der Waals surface area contributed by atoms with Crippen molar-refractivity contribution in [3.05, 3.63) is 53.1 Å². The van der Waals surface area contributed by atoms with Gasteiger partial charge in [0, 0.05) is 17.0 Å². The van der Waals surface area contributed by atoms with Crippen molar-refractivity contribution in [2.24, 2.45) is 0 Å². The van der Waals surface area contributed by atoms with Gasteiger partial charge in [-0.05, 0) is 44.9 Å². The highest BCUT2D eigenvalue weighted by molar-refractivity contribution is 6.11. The highest BCUT2D eigenvalue weighted by Crippen LogP contribution is 2.35. The van der Waals surface area contributed by atoms with Crippen LogP contribution in [0.5, 0.6) is 0 Å². The second kappa shape index (κ2) is 6.58. The van der Waals surface area contributed by atoms with Gasteiger partial charge in [0.15, 0.2) is 5.78 Å². The first kappa shape index (κ1) is 18.4. The number of nitrogens with one attached hydrogen (secondary N) is 1. The van der Waals surface area contributed by atoms with Gasteiger partial charge in [0.2, 0.25) is 0 Å². The largest absolute Gasteiger partial charge is 0.325 e. The Labute approximate surface area is 162 Å². The summed E-state index contributed by atoms with van der Waals surface area (Å²) in [5.41, 5.74) is 1.19. The minimum absolute atomic E-state index is 0.312. The number of nitrogens with zero attached hydrogens (tertiary/aromatic N) is 2. The average Bonchev–Trinajstić information content (AvgIpc) is 3.30. The number of aromatic nitrogens is 1. The molecule has 7 heteroatoms. The summed E-state index contributed by atoms with van der Waals surface area (Å²) in [6, 6.07) is 7.51. The maximum absolute atomic E-state index is 14.2. The van der Waals surface area contributed by atoms with E-state index in [4.69, 9.17) is 0 Å². The number of amides is 3. The molecule has 1 aliphatic heterocycles. The van der Waals surface area contributed by atoms with E-state index in [-0.39, 0.29) is 24.1 Å². The number of urea groups is 1. The van der Waals surface area contributed by atoms with Crippen molar-refractivity contribution < 1.29 is 18.8 Å². The van der Waals surface area contributed by atoms with E-state index in [0.717, 1.165) is 17.7 Å². The number of ketones is 1. The van der Waals surface area contributed by atoms with Crippen LogP contribution in [0.25, 0.3) is 5.69 Å². The standard InChI is InChI=1S/C21H22FN3O3/c1-13-11-15(14(2)25(13)17-8-4-3-7-16(17)22)18(26)12-24-19(27)21(23-20(24)28)9-5-6-10-21/h3-4,7-8,11H,5-6,9-10,12H2,1-2H3,(H,23,28). The van der Waals surface area contributed by atoms with E-state index in [0.29, 0.717) is 35.5 Å². The molecule has 1 saturated carbocycles. The zero-order chi connectivity index (χ0) is 20.1. The van der Waals surface area contributed by atoms with Gasteiger partial charge >= 0.3 is 6.03 Å². The number of Topliss-reactive ketones (excluding diaryl/α,β-unsaturated/α-hetero) is 1. The third-order valence-corrected chi connectivity index (χ3v) is 5.83. The summed E-state index contributed by atoms with van der Waals surface area (Å²) in [7, 11) is 0. The molecule has 1 aromatic heterocycles. The van der Waals surface area contributed by atoms with Crippen LogP contribution in [0.2, 0.25) is 0 Å². The lowest BCUT2D eigenvalue weighted by molar-refractivity contribution is -0.130. The zero-order valence-corrected chi connectivity index (χ0v) is 15.9. The maximum Gasteiger partial charge on any atom is 0.325 e. The summed E-state index contributed by atoms with van der Waals surface area (Å²) in [6.45, 7) is 3.21. The number of halogens is 1. The second-order valence-electron chi connectivity index (χ2n) is 7.61. The molecular formula is C21H22FN3O3. The summed E-state index contributed by atoms with van der Waals surface area (Å²) in [5, 5.41) is 2.78. The van der Waals surface area contributed by atoms with Crippen molar-refractivity contribution in [3.63, 3.8) is 0 Å². The van der Waals surface area contributed by atoms with Crippen molar-refractivity contribution in [2.45, 2.75) is 45.1 Å². The van der Waals surface area contributed by atoms with Crippen molar-refractivity contribution >= 4 is 17.7 Å². The van der Waals surface area contributed by atoms with Gasteiger partial charge in [-0.3, -0.25) is 14.5 Å². The van der Waals surface area contributed by atoms with E-state index in [2.05, 4.69) is 5.32 Å². The van der Waals surface area contributed by atoms with Gasteiger partial charge < -0.3 is 9.88 Å². The molecule has 6 nitrogen and oxygen atoms in total. The van der Waals surface area contributed by atoms with Crippen molar-refractivity contribution in [2.75, 3.05) is 6.54 Å². The van der Waals surface area contributed by atoms with Gasteiger partial charge in [0.05, 0.1) is 12.2 Å². The quantitative estimate of drug-likeness (QED) is 0.651. The number of carbonyl (C=O) groups is 3. The third kappa shape index (κ3) is 2.73. The molecule has 2 aromatic rings. The summed E-state index contributed by atoms with van der Waals surface area (Å²) in [6.07, 6.45) is 3.00. The summed E-state index contributed by atoms with van der Waals surface area (Å²) < 4.78 is 15.9. The Morgan fingerprint density at radius 3 is 2.54 bits per heavy atom. The predicted octanol–water partition coefficient (Wildman–Crippen LogP) is 3.28. The number of hydrogen-bond donors (Lipinski definition) is 1. The molecule has 2 heterocycles. The van der Waals surface area contributed by atoms with E-state index in [1.54, 1.807) is 42.7 Å². The van der Waals surface area contributed by atoms with Gasteiger partial charge in [-0.25, -0.2) is 9.18 Å². The Hall–Kier alpha value is -2.96. The lowest BCUT2D eigenvalue weighted by Crippen LogP contribution is -2.44. The number of carbonyl (C=O) groups excluding carboxylic acids is 3. The fourth-order valence-corrected chi connectivity index (χ4v) is 4.41. The molecule has 1 N–H and O–H groups in total. The van der Waals surface area contributed by atoms with E-state index < -0.39 is 11.6 Å². The van der Waals surface area contributed by atoms with Crippen LogP contribution in [-0.2, 0) is 4.79 Å². The van der Waals surface area contributed by atoms with E-state index in [1.165, 1.54) is 6.07 Å². The molecule has 1 aliphatic carbocycles. The lowest BCUT2D eigenvalue weighted by Gasteiger charge is -2.19. The fraction of sp³-hybridized carbons (Fsp3) is 0.381. The molecule has 0 atom stereocenters. The number of hydrogen-bond acceptors (Lipinski definition) is 3. The molecule has 146 valence electrons. The first-order valence-corrected chi connectivity index (χ1v) is 9.45. The molecular weight excluding hydrogens is 361 g/mol. The SMILES string of the molecule is Cc1cc(C(=O)CN2C(=O)NC3(CCCC3)C2=O)c(C)n1-c1ccccc1F. The van der Waals surface area contributed by atoms with Crippen molar-refractivity contribution in [1.82, 2.24) is 14.8 Å². The van der Waals surface area contributed by atoms with E-state index in [9.17, 15) is 18.8 Å². The number of benzene rings is 1. The Kier molecular flexibility index (Phi) is 4.33. The highest BCUT2D eigenvalue weighted by atomic mass is 19.1. The predicted molar refractivity (Wildman–Crippen MR) is 101 cm³/mol. The fourth-order valence-electron chi connectivity index (χ4n) is 4.41. The molecule has 1 spiro atoms. The minimum Gasteiger partial charge on any atom is -0.323 e. The molecule has 1 aromatic carbocycles. The Morgan fingerprint density at radius 2 is 1.86 bits per heavy atom. The molecule has 2 fully saturated rings. The van der Waals surface area contributed by atoms with Gasteiger partial charge in [-0.2, -0.15) is 0 Å². The van der Waals surface area contributed by atoms with Crippen LogP contribution in [0, 0.1) is 19.7 Å². The number of imide groups is 1. The first-order valence-electron chi connectivity index (χ1n) is 9.45. The minimum atomic E-state index is -0.832. The Morgan fingerprint density at radius 1 is 1.18 bits per heavy atom. The van der Waals surface area contributed by atoms with Crippen molar-refractivity contribution in [1.29, 1.82) is 0 Å². The van der Waals surface area contributed by atoms with E-state index >= 15 is 0 Å². The van der Waals surface area contributed by atoms with E-state index in [1.807, 2.05) is 0 Å². The Bertz CT molecular complexity index is 989. The second-order valence-corrected chi connectivity index (χ2v) is 7.61. The summed E-state index contributed by atoms with van der Waals surface area (Å²) in [5.74, 6) is -1.04. The van der Waals surface area contributed by atoms with Crippen molar-refractivity contribution in [3.8, 4) is 5.69 Å². The molecule has 0 bridgehead atoms. The molecule has 3 amide bonds. The molecule has 28 heavy (non-hydrogen) atoms. The first-order chi connectivity index (χ1) is 13.3. The van der Waals surface area contributed by atoms with Gasteiger partial charge in [0.25, 0.3) is 5.91 Å². The number of para-hydroxylation sites is 1. The maximum atomic E-state index is 14.2. The normalized spacial score (nSPS) is 18.2. The summed E-state index contributed by atoms with van der Waals surface area (Å²) in [4.78, 5) is 39.0. The monoisotopic (exact) mass is 383 g/mol. The Balaban J connectivity index is 1.62. The van der Waals surface area contributed by atoms with Crippen LogP contribution in [0.1, 0.15) is 47.4 Å². The molecule has 0 radical (unpaired) electrons. The molecule has 4 rings (SSSR count). The number of aryl methyl sites for hydroxylation is 1.